The zero-order valence-corrected chi connectivity index (χ0v) is 14.2. The maximum atomic E-state index is 12.5. The van der Waals surface area contributed by atoms with Crippen LogP contribution in [0.1, 0.15) is 65.2 Å². The van der Waals surface area contributed by atoms with Crippen molar-refractivity contribution >= 4 is 9.84 Å². The number of hydrogen-bond donors (Lipinski definition) is 0. The van der Waals surface area contributed by atoms with E-state index >= 15 is 0 Å². The minimum absolute atomic E-state index is 0.404. The van der Waals surface area contributed by atoms with Crippen molar-refractivity contribution in [1.82, 2.24) is 0 Å². The van der Waals surface area contributed by atoms with E-state index in [0.29, 0.717) is 16.2 Å². The summed E-state index contributed by atoms with van der Waals surface area (Å²) in [6.07, 6.45) is 10.8. The lowest BCUT2D eigenvalue weighted by Gasteiger charge is -2.09. The van der Waals surface area contributed by atoms with Crippen LogP contribution < -0.4 is 0 Å². The van der Waals surface area contributed by atoms with Crippen molar-refractivity contribution in [3.8, 4) is 0 Å². The van der Waals surface area contributed by atoms with Crippen LogP contribution in [0.5, 0.6) is 0 Å². The van der Waals surface area contributed by atoms with Crippen molar-refractivity contribution in [2.24, 2.45) is 0 Å². The van der Waals surface area contributed by atoms with E-state index in [2.05, 4.69) is 6.92 Å². The minimum Gasteiger partial charge on any atom is -0.219 e. The van der Waals surface area contributed by atoms with Crippen LogP contribution in [0.15, 0.2) is 46.2 Å². The molecule has 118 valence electrons. The fourth-order valence-electron chi connectivity index (χ4n) is 2.44. The monoisotopic (exact) mass is 308 g/mol. The smallest absolute Gasteiger partial charge is 0.202 e. The predicted molar refractivity (Wildman–Crippen MR) is 90.0 cm³/mol. The van der Waals surface area contributed by atoms with Crippen LogP contribution in [0.4, 0.5) is 0 Å². The topological polar surface area (TPSA) is 34.1 Å². The molecule has 1 aromatic carbocycles. The second kappa shape index (κ2) is 9.78. The summed E-state index contributed by atoms with van der Waals surface area (Å²) >= 11 is 0. The van der Waals surface area contributed by atoms with Crippen LogP contribution in [-0.4, -0.2) is 8.42 Å². The Hall–Kier alpha value is -1.09. The fraction of sp³-hybridized carbons (Fsp3) is 0.556. The molecular weight excluding hydrogens is 280 g/mol. The summed E-state index contributed by atoms with van der Waals surface area (Å²) in [5, 5.41) is 0. The van der Waals surface area contributed by atoms with Crippen molar-refractivity contribution in [3.63, 3.8) is 0 Å². The standard InChI is InChI=1S/C18H28O2S/c1-3-5-6-7-8-9-11-14-17(4-2)21(19,20)18-15-12-10-13-16-18/h4,10,12-13,15-16H,3,5-9,11,14H2,1-2H3/b17-4+. The first-order valence-electron chi connectivity index (χ1n) is 8.08. The van der Waals surface area contributed by atoms with Gasteiger partial charge in [0.1, 0.15) is 0 Å². The molecule has 1 aromatic rings. The molecule has 0 aliphatic heterocycles. The summed E-state index contributed by atoms with van der Waals surface area (Å²) in [5.74, 6) is 0. The average Bonchev–Trinajstić information content (AvgIpc) is 2.50. The van der Waals surface area contributed by atoms with E-state index in [1.54, 1.807) is 30.3 Å². The molecule has 0 aromatic heterocycles. The number of unbranched alkanes of at least 4 members (excludes halogenated alkanes) is 6. The second-order valence-corrected chi connectivity index (χ2v) is 7.45. The Morgan fingerprint density at radius 1 is 0.952 bits per heavy atom. The van der Waals surface area contributed by atoms with Crippen LogP contribution in [0.2, 0.25) is 0 Å². The number of hydrogen-bond acceptors (Lipinski definition) is 2. The van der Waals surface area contributed by atoms with E-state index < -0.39 is 9.84 Å². The van der Waals surface area contributed by atoms with Crippen molar-refractivity contribution in [3.05, 3.63) is 41.3 Å². The molecule has 0 heterocycles. The largest absolute Gasteiger partial charge is 0.219 e. The van der Waals surface area contributed by atoms with Gasteiger partial charge in [-0.2, -0.15) is 0 Å². The number of sulfone groups is 1. The summed E-state index contributed by atoms with van der Waals surface area (Å²) in [7, 11) is -3.29. The Balaban J connectivity index is 2.45. The van der Waals surface area contributed by atoms with Crippen molar-refractivity contribution in [2.75, 3.05) is 0 Å². The first-order chi connectivity index (χ1) is 10.1. The van der Waals surface area contributed by atoms with Crippen molar-refractivity contribution < 1.29 is 8.42 Å². The van der Waals surface area contributed by atoms with Crippen LogP contribution >= 0.6 is 0 Å². The highest BCUT2D eigenvalue weighted by atomic mass is 32.2. The Morgan fingerprint density at radius 2 is 1.52 bits per heavy atom. The highest BCUT2D eigenvalue weighted by Crippen LogP contribution is 2.23. The van der Waals surface area contributed by atoms with Gasteiger partial charge in [0.25, 0.3) is 0 Å². The van der Waals surface area contributed by atoms with Crippen molar-refractivity contribution in [1.29, 1.82) is 0 Å². The summed E-state index contributed by atoms with van der Waals surface area (Å²) in [4.78, 5) is 0.961. The summed E-state index contributed by atoms with van der Waals surface area (Å²) in [6.45, 7) is 4.03. The molecule has 0 aliphatic carbocycles. The molecule has 0 radical (unpaired) electrons. The van der Waals surface area contributed by atoms with Gasteiger partial charge in [-0.05, 0) is 31.9 Å². The number of rotatable bonds is 10. The van der Waals surface area contributed by atoms with Crippen molar-refractivity contribution in [2.45, 2.75) is 70.1 Å². The Labute approximate surface area is 130 Å². The second-order valence-electron chi connectivity index (χ2n) is 5.44. The molecule has 0 saturated heterocycles. The van der Waals surface area contributed by atoms with Crippen LogP contribution in [-0.2, 0) is 9.84 Å². The van der Waals surface area contributed by atoms with E-state index in [9.17, 15) is 8.42 Å². The highest BCUT2D eigenvalue weighted by molar-refractivity contribution is 7.95. The van der Waals surface area contributed by atoms with E-state index in [4.69, 9.17) is 0 Å². The third-order valence-electron chi connectivity index (χ3n) is 3.75. The highest BCUT2D eigenvalue weighted by Gasteiger charge is 2.18. The maximum Gasteiger partial charge on any atom is 0.202 e. The molecule has 21 heavy (non-hydrogen) atoms. The van der Waals surface area contributed by atoms with Gasteiger partial charge in [0.15, 0.2) is 0 Å². The first kappa shape index (κ1) is 18.0. The minimum atomic E-state index is -3.29. The molecule has 0 amide bonds. The molecule has 0 saturated carbocycles. The SMILES string of the molecule is C/C=C(\CCCCCCCCC)S(=O)(=O)c1ccccc1. The van der Waals surface area contributed by atoms with Gasteiger partial charge < -0.3 is 0 Å². The molecule has 0 bridgehead atoms. The summed E-state index contributed by atoms with van der Waals surface area (Å²) in [5.41, 5.74) is 0. The molecular formula is C18H28O2S. The Morgan fingerprint density at radius 3 is 2.10 bits per heavy atom. The summed E-state index contributed by atoms with van der Waals surface area (Å²) < 4.78 is 25.0. The molecule has 0 atom stereocenters. The number of benzene rings is 1. The van der Waals surface area contributed by atoms with E-state index in [1.807, 2.05) is 13.0 Å². The van der Waals surface area contributed by atoms with Gasteiger partial charge in [-0.15, -0.1) is 0 Å². The van der Waals surface area contributed by atoms with E-state index in [1.165, 1.54) is 32.1 Å². The van der Waals surface area contributed by atoms with Crippen LogP contribution in [0, 0.1) is 0 Å². The molecule has 3 heteroatoms. The van der Waals surface area contributed by atoms with Gasteiger partial charge in [0.2, 0.25) is 9.84 Å². The van der Waals surface area contributed by atoms with Gasteiger partial charge in [-0.3, -0.25) is 0 Å². The van der Waals surface area contributed by atoms with Gasteiger partial charge in [-0.1, -0.05) is 69.7 Å². The van der Waals surface area contributed by atoms with Crippen LogP contribution in [0.25, 0.3) is 0 Å². The normalized spacial score (nSPS) is 12.6. The molecule has 1 rings (SSSR count). The molecule has 0 fully saturated rings. The molecule has 0 aliphatic rings. The molecule has 0 unspecified atom stereocenters. The molecule has 0 spiro atoms. The number of allylic oxidation sites excluding steroid dienone is 2. The third-order valence-corrected chi connectivity index (χ3v) is 5.77. The van der Waals surface area contributed by atoms with Gasteiger partial charge >= 0.3 is 0 Å². The van der Waals surface area contributed by atoms with Gasteiger partial charge in [0, 0.05) is 4.91 Å². The lowest BCUT2D eigenvalue weighted by Crippen LogP contribution is -2.05. The van der Waals surface area contributed by atoms with E-state index in [-0.39, 0.29) is 0 Å². The Kier molecular flexibility index (Phi) is 8.36. The zero-order valence-electron chi connectivity index (χ0n) is 13.3. The summed E-state index contributed by atoms with van der Waals surface area (Å²) in [6, 6.07) is 8.72. The zero-order chi connectivity index (χ0) is 15.6. The van der Waals surface area contributed by atoms with Gasteiger partial charge in [0.05, 0.1) is 4.90 Å². The lowest BCUT2D eigenvalue weighted by atomic mass is 10.1. The van der Waals surface area contributed by atoms with E-state index in [0.717, 1.165) is 12.8 Å². The van der Waals surface area contributed by atoms with Crippen LogP contribution in [0.3, 0.4) is 0 Å². The molecule has 2 nitrogen and oxygen atoms in total. The first-order valence-corrected chi connectivity index (χ1v) is 9.56. The Bertz CT molecular complexity index is 515. The third kappa shape index (κ3) is 6.04. The average molecular weight is 308 g/mol. The molecule has 0 N–H and O–H groups in total. The lowest BCUT2D eigenvalue weighted by molar-refractivity contribution is 0.582. The van der Waals surface area contributed by atoms with Gasteiger partial charge in [-0.25, -0.2) is 8.42 Å². The predicted octanol–water partition coefficient (Wildman–Crippen LogP) is 5.50. The quantitative estimate of drug-likeness (QED) is 0.534. The maximum absolute atomic E-state index is 12.5. The fourth-order valence-corrected chi connectivity index (χ4v) is 3.98.